The van der Waals surface area contributed by atoms with Crippen LogP contribution >= 0.6 is 11.5 Å². The molecule has 0 unspecified atom stereocenters. The number of aryl methyl sites for hydroxylation is 1. The van der Waals surface area contributed by atoms with Gasteiger partial charge >= 0.3 is 0 Å². The van der Waals surface area contributed by atoms with Gasteiger partial charge in [0.15, 0.2) is 5.65 Å². The molecule has 3 aromatic heterocycles. The molecule has 0 atom stereocenters. The number of rotatable bonds is 2. The van der Waals surface area contributed by atoms with Crippen LogP contribution in [0.4, 0.5) is 11.6 Å². The Morgan fingerprint density at radius 3 is 2.52 bits per heavy atom. The smallest absolute Gasteiger partial charge is 0.163 e. The van der Waals surface area contributed by atoms with Gasteiger partial charge in [-0.2, -0.15) is 9.47 Å². The second-order valence-electron chi connectivity index (χ2n) is 6.18. The van der Waals surface area contributed by atoms with E-state index in [1.54, 1.807) is 22.5 Å². The maximum absolute atomic E-state index is 4.68. The number of benzene rings is 1. The molecule has 126 valence electrons. The van der Waals surface area contributed by atoms with Crippen LogP contribution in [0.1, 0.15) is 0 Å². The Kier molecular flexibility index (Phi) is 3.30. The van der Waals surface area contributed by atoms with Crippen LogP contribution in [0.15, 0.2) is 36.8 Å². The fourth-order valence-corrected chi connectivity index (χ4v) is 4.23. The van der Waals surface area contributed by atoms with E-state index in [1.165, 1.54) is 10.1 Å². The first-order chi connectivity index (χ1) is 12.3. The van der Waals surface area contributed by atoms with Crippen LogP contribution in [0, 0.1) is 0 Å². The van der Waals surface area contributed by atoms with E-state index in [0.29, 0.717) is 0 Å². The molecule has 1 aliphatic heterocycles. The minimum absolute atomic E-state index is 0.873. The van der Waals surface area contributed by atoms with Gasteiger partial charge in [0.05, 0.1) is 16.3 Å². The van der Waals surface area contributed by atoms with E-state index in [1.807, 2.05) is 13.2 Å². The first kappa shape index (κ1) is 14.6. The van der Waals surface area contributed by atoms with Gasteiger partial charge in [-0.15, -0.1) is 0 Å². The summed E-state index contributed by atoms with van der Waals surface area (Å²) >= 11 is 1.57. The molecular weight excluding hydrogens is 334 g/mol. The van der Waals surface area contributed by atoms with Gasteiger partial charge in [-0.3, -0.25) is 4.68 Å². The van der Waals surface area contributed by atoms with Crippen molar-refractivity contribution in [1.82, 2.24) is 24.1 Å². The Morgan fingerprint density at radius 1 is 0.920 bits per heavy atom. The number of nitrogens with zero attached hydrogens (tertiary/aromatic N) is 7. The lowest BCUT2D eigenvalue weighted by atomic mass is 10.2. The molecule has 5 rings (SSSR count). The Hall–Kier alpha value is -2.74. The number of aromatic nitrogens is 5. The first-order valence-corrected chi connectivity index (χ1v) is 9.05. The molecule has 1 fully saturated rings. The molecule has 1 aromatic carbocycles. The highest BCUT2D eigenvalue weighted by Crippen LogP contribution is 2.31. The van der Waals surface area contributed by atoms with Gasteiger partial charge < -0.3 is 9.80 Å². The van der Waals surface area contributed by atoms with Gasteiger partial charge in [0.1, 0.15) is 18.0 Å². The molecule has 0 radical (unpaired) electrons. The van der Waals surface area contributed by atoms with E-state index in [2.05, 4.69) is 53.5 Å². The lowest BCUT2D eigenvalue weighted by Crippen LogP contribution is -2.47. The van der Waals surface area contributed by atoms with E-state index in [4.69, 9.17) is 0 Å². The zero-order valence-corrected chi connectivity index (χ0v) is 14.6. The molecule has 1 aliphatic rings. The Bertz CT molecular complexity index is 1050. The lowest BCUT2D eigenvalue weighted by molar-refractivity contribution is 0.646. The first-order valence-electron chi connectivity index (χ1n) is 8.28. The van der Waals surface area contributed by atoms with E-state index in [0.717, 1.165) is 48.8 Å². The van der Waals surface area contributed by atoms with E-state index < -0.39 is 0 Å². The van der Waals surface area contributed by atoms with Crippen molar-refractivity contribution in [2.45, 2.75) is 0 Å². The molecule has 0 bridgehead atoms. The van der Waals surface area contributed by atoms with E-state index >= 15 is 0 Å². The van der Waals surface area contributed by atoms with Crippen LogP contribution in [0.25, 0.3) is 21.1 Å². The average Bonchev–Trinajstić information content (AvgIpc) is 3.26. The summed E-state index contributed by atoms with van der Waals surface area (Å²) < 4.78 is 7.71. The largest absolute Gasteiger partial charge is 0.352 e. The van der Waals surface area contributed by atoms with Crippen molar-refractivity contribution in [1.29, 1.82) is 0 Å². The van der Waals surface area contributed by atoms with Gasteiger partial charge in [-0.05, 0) is 23.7 Å². The van der Waals surface area contributed by atoms with Crippen LogP contribution in [0.3, 0.4) is 0 Å². The fraction of sp³-hybridized carbons (Fsp3) is 0.294. The standard InChI is InChI=1S/C17H17N7S/c1-22-15-13(10-20-22)16(19-11-18-15)23-6-8-24(9-7-23)17-12-4-2-3-5-14(12)25-21-17/h2-5,10-11H,6-9H2,1H3. The van der Waals surface area contributed by atoms with E-state index in [-0.39, 0.29) is 0 Å². The molecule has 0 spiro atoms. The fourth-order valence-electron chi connectivity index (χ4n) is 3.43. The number of piperazine rings is 1. The van der Waals surface area contributed by atoms with Crippen molar-refractivity contribution < 1.29 is 0 Å². The van der Waals surface area contributed by atoms with Crippen molar-refractivity contribution in [3.05, 3.63) is 36.8 Å². The Labute approximate surface area is 148 Å². The van der Waals surface area contributed by atoms with Crippen LogP contribution in [-0.2, 0) is 7.05 Å². The third kappa shape index (κ3) is 2.32. The van der Waals surface area contributed by atoms with Crippen molar-refractivity contribution in [3.63, 3.8) is 0 Å². The molecule has 0 saturated carbocycles. The summed E-state index contributed by atoms with van der Waals surface area (Å²) in [5.74, 6) is 2.08. The molecule has 1 saturated heterocycles. The lowest BCUT2D eigenvalue weighted by Gasteiger charge is -2.35. The number of anilines is 2. The van der Waals surface area contributed by atoms with Crippen molar-refractivity contribution in [3.8, 4) is 0 Å². The second-order valence-corrected chi connectivity index (χ2v) is 6.98. The van der Waals surface area contributed by atoms with E-state index in [9.17, 15) is 0 Å². The summed E-state index contributed by atoms with van der Waals surface area (Å²) in [6, 6.07) is 8.43. The minimum Gasteiger partial charge on any atom is -0.352 e. The highest BCUT2D eigenvalue weighted by molar-refractivity contribution is 7.13. The topological polar surface area (TPSA) is 63.0 Å². The Balaban J connectivity index is 1.41. The summed E-state index contributed by atoms with van der Waals surface area (Å²) in [7, 11) is 1.91. The SMILES string of the molecule is Cn1ncc2c(N3CCN(c4nsc5ccccc45)CC3)ncnc21. The maximum Gasteiger partial charge on any atom is 0.163 e. The zero-order valence-electron chi connectivity index (χ0n) is 13.8. The van der Waals surface area contributed by atoms with Crippen LogP contribution < -0.4 is 9.80 Å². The molecule has 0 N–H and O–H groups in total. The molecule has 4 aromatic rings. The third-order valence-corrected chi connectivity index (χ3v) is 5.56. The zero-order chi connectivity index (χ0) is 16.8. The monoisotopic (exact) mass is 351 g/mol. The predicted octanol–water partition coefficient (Wildman–Crippen LogP) is 2.30. The molecule has 7 nitrogen and oxygen atoms in total. The number of fused-ring (bicyclic) bond motifs is 2. The molecular formula is C17H17N7S. The third-order valence-electron chi connectivity index (χ3n) is 4.75. The maximum atomic E-state index is 4.68. The molecule has 8 heteroatoms. The molecule has 0 aliphatic carbocycles. The van der Waals surface area contributed by atoms with Crippen molar-refractivity contribution >= 4 is 44.3 Å². The highest BCUT2D eigenvalue weighted by atomic mass is 32.1. The van der Waals surface area contributed by atoms with Crippen molar-refractivity contribution in [2.24, 2.45) is 7.05 Å². The van der Waals surface area contributed by atoms with Gasteiger partial charge in [0, 0.05) is 38.6 Å². The van der Waals surface area contributed by atoms with Crippen LogP contribution in [0.2, 0.25) is 0 Å². The quantitative estimate of drug-likeness (QED) is 0.552. The minimum atomic E-state index is 0.873. The molecule has 25 heavy (non-hydrogen) atoms. The van der Waals surface area contributed by atoms with Crippen molar-refractivity contribution in [2.75, 3.05) is 36.0 Å². The summed E-state index contributed by atoms with van der Waals surface area (Å²) in [4.78, 5) is 13.5. The summed E-state index contributed by atoms with van der Waals surface area (Å²) in [5, 5.41) is 6.57. The summed E-state index contributed by atoms with van der Waals surface area (Å²) in [6.45, 7) is 3.68. The highest BCUT2D eigenvalue weighted by Gasteiger charge is 2.23. The molecule has 4 heterocycles. The molecule has 0 amide bonds. The normalized spacial score (nSPS) is 15.4. The van der Waals surface area contributed by atoms with Crippen LogP contribution in [-0.4, -0.2) is 50.3 Å². The second kappa shape index (κ2) is 5.66. The number of hydrogen-bond acceptors (Lipinski definition) is 7. The van der Waals surface area contributed by atoms with Gasteiger partial charge in [-0.1, -0.05) is 12.1 Å². The van der Waals surface area contributed by atoms with Gasteiger partial charge in [0.2, 0.25) is 0 Å². The predicted molar refractivity (Wildman–Crippen MR) is 100 cm³/mol. The summed E-state index contributed by atoms with van der Waals surface area (Å²) in [6.07, 6.45) is 3.48. The van der Waals surface area contributed by atoms with Crippen LogP contribution in [0.5, 0.6) is 0 Å². The number of hydrogen-bond donors (Lipinski definition) is 0. The van der Waals surface area contributed by atoms with Gasteiger partial charge in [0.25, 0.3) is 0 Å². The van der Waals surface area contributed by atoms with Gasteiger partial charge in [-0.25, -0.2) is 9.97 Å². The summed E-state index contributed by atoms with van der Waals surface area (Å²) in [5.41, 5.74) is 0.873. The Morgan fingerprint density at radius 2 is 1.68 bits per heavy atom. The average molecular weight is 351 g/mol.